The van der Waals surface area contributed by atoms with E-state index in [1.807, 2.05) is 43.3 Å². The van der Waals surface area contributed by atoms with E-state index in [1.54, 1.807) is 0 Å². The van der Waals surface area contributed by atoms with Crippen molar-refractivity contribution >= 4 is 22.8 Å². The highest BCUT2D eigenvalue weighted by molar-refractivity contribution is 5.81. The van der Waals surface area contributed by atoms with Crippen molar-refractivity contribution in [1.29, 1.82) is 0 Å². The van der Waals surface area contributed by atoms with Crippen molar-refractivity contribution in [3.63, 3.8) is 0 Å². The Kier molecular flexibility index (Phi) is 6.15. The Morgan fingerprint density at radius 3 is 2.36 bits per heavy atom. The Labute approximate surface area is 205 Å². The average molecular weight is 495 g/mol. The van der Waals surface area contributed by atoms with E-state index >= 15 is 0 Å². The first-order valence-corrected chi connectivity index (χ1v) is 11.8. The number of rotatable bonds is 5. The smallest absolute Gasteiger partial charge is 0.416 e. The van der Waals surface area contributed by atoms with Crippen LogP contribution < -0.4 is 4.90 Å². The molecule has 0 spiro atoms. The van der Waals surface area contributed by atoms with Crippen LogP contribution in [0.5, 0.6) is 0 Å². The van der Waals surface area contributed by atoms with Crippen LogP contribution in [0, 0.1) is 12.8 Å². The Balaban J connectivity index is 1.32. The van der Waals surface area contributed by atoms with Crippen molar-refractivity contribution < 1.29 is 23.1 Å². The largest absolute Gasteiger partial charge is 0.481 e. The number of carbonyl (C=O) groups is 1. The molecule has 2 N–H and O–H groups in total. The first-order valence-electron chi connectivity index (χ1n) is 11.8. The average Bonchev–Trinajstić information content (AvgIpc) is 3.27. The van der Waals surface area contributed by atoms with E-state index in [-0.39, 0.29) is 12.3 Å². The molecule has 2 aromatic carbocycles. The van der Waals surface area contributed by atoms with Crippen molar-refractivity contribution in [1.82, 2.24) is 15.0 Å². The fourth-order valence-corrected chi connectivity index (χ4v) is 4.77. The fourth-order valence-electron chi connectivity index (χ4n) is 4.77. The number of aryl methyl sites for hydroxylation is 1. The van der Waals surface area contributed by atoms with Crippen LogP contribution in [0.4, 0.5) is 19.0 Å². The normalized spacial score (nSPS) is 14.9. The number of hydrogen-bond acceptors (Lipinski definition) is 4. The quantitative estimate of drug-likeness (QED) is 0.340. The minimum absolute atomic E-state index is 0.219. The van der Waals surface area contributed by atoms with Crippen LogP contribution in [-0.2, 0) is 11.0 Å². The molecular formula is C27H25F3N4O2. The number of alkyl halides is 3. The maximum Gasteiger partial charge on any atom is 0.416 e. The van der Waals surface area contributed by atoms with Crippen LogP contribution in [0.15, 0.2) is 54.6 Å². The molecule has 0 amide bonds. The molecule has 5 rings (SSSR count). The summed E-state index contributed by atoms with van der Waals surface area (Å²) in [5.74, 6) is 0.874. The predicted octanol–water partition coefficient (Wildman–Crippen LogP) is 6.31. The van der Waals surface area contributed by atoms with Gasteiger partial charge in [0.05, 0.1) is 16.6 Å². The lowest BCUT2D eigenvalue weighted by Gasteiger charge is -2.32. The van der Waals surface area contributed by atoms with Crippen molar-refractivity contribution in [2.24, 2.45) is 5.92 Å². The number of aromatic nitrogens is 3. The number of benzene rings is 2. The topological polar surface area (TPSA) is 82.1 Å². The molecule has 0 saturated carbocycles. The van der Waals surface area contributed by atoms with Gasteiger partial charge in [0.2, 0.25) is 0 Å². The van der Waals surface area contributed by atoms with Gasteiger partial charge in [-0.05, 0) is 61.6 Å². The lowest BCUT2D eigenvalue weighted by atomic mass is 9.93. The Hall–Kier alpha value is -3.88. The van der Waals surface area contributed by atoms with Crippen molar-refractivity contribution in [3.8, 4) is 22.5 Å². The second-order valence-corrected chi connectivity index (χ2v) is 9.22. The second kappa shape index (κ2) is 9.29. The van der Waals surface area contributed by atoms with Gasteiger partial charge in [0, 0.05) is 36.3 Å². The van der Waals surface area contributed by atoms with Crippen molar-refractivity contribution in [2.45, 2.75) is 32.4 Å². The number of halogens is 3. The number of aliphatic carboxylic acids is 1. The van der Waals surface area contributed by atoms with Gasteiger partial charge in [-0.25, -0.2) is 9.97 Å². The van der Waals surface area contributed by atoms with Crippen LogP contribution in [0.3, 0.4) is 0 Å². The molecule has 6 nitrogen and oxygen atoms in total. The zero-order chi connectivity index (χ0) is 25.4. The van der Waals surface area contributed by atoms with Gasteiger partial charge in [-0.3, -0.25) is 4.79 Å². The van der Waals surface area contributed by atoms with Crippen LogP contribution >= 0.6 is 0 Å². The molecule has 0 bridgehead atoms. The highest BCUT2D eigenvalue weighted by atomic mass is 19.4. The number of H-pyrrole nitrogens is 1. The molecule has 1 fully saturated rings. The predicted molar refractivity (Wildman–Crippen MR) is 132 cm³/mol. The van der Waals surface area contributed by atoms with Crippen LogP contribution in [-0.4, -0.2) is 39.1 Å². The van der Waals surface area contributed by atoms with E-state index < -0.39 is 17.7 Å². The minimum Gasteiger partial charge on any atom is -0.481 e. The lowest BCUT2D eigenvalue weighted by Crippen LogP contribution is -2.35. The molecule has 4 aromatic rings. The maximum atomic E-state index is 13.0. The number of aromatic amines is 1. The van der Waals surface area contributed by atoms with Gasteiger partial charge in [0.15, 0.2) is 0 Å². The molecule has 0 atom stereocenters. The molecule has 36 heavy (non-hydrogen) atoms. The van der Waals surface area contributed by atoms with E-state index in [9.17, 15) is 18.0 Å². The first-order chi connectivity index (χ1) is 17.2. The van der Waals surface area contributed by atoms with Crippen molar-refractivity contribution in [2.75, 3.05) is 18.0 Å². The first kappa shape index (κ1) is 23.8. The van der Waals surface area contributed by atoms with Crippen LogP contribution in [0.25, 0.3) is 33.5 Å². The fraction of sp³-hybridized carbons (Fsp3) is 0.296. The standard InChI is InChI=1S/C27H25F3N4O2/c1-16-21(7-9-24(31-16)34-12-10-17(11-13-34)14-25(35)36)18-2-4-19(5-3-18)26-32-22-8-6-20(27(28,29)30)15-23(22)33-26/h2-9,15,17H,10-14H2,1H3,(H,32,33)(H,35,36). The number of nitrogens with one attached hydrogen (secondary N) is 1. The maximum absolute atomic E-state index is 13.0. The Morgan fingerprint density at radius 1 is 1.03 bits per heavy atom. The number of carboxylic acid groups (broad SMARTS) is 1. The number of imidazole rings is 1. The molecule has 1 aliphatic rings. The summed E-state index contributed by atoms with van der Waals surface area (Å²) < 4.78 is 39.0. The summed E-state index contributed by atoms with van der Waals surface area (Å²) in [7, 11) is 0. The zero-order valence-corrected chi connectivity index (χ0v) is 19.6. The van der Waals surface area contributed by atoms with Gasteiger partial charge in [-0.2, -0.15) is 13.2 Å². The van der Waals surface area contributed by atoms with Crippen LogP contribution in [0.1, 0.15) is 30.5 Å². The minimum atomic E-state index is -4.40. The summed E-state index contributed by atoms with van der Waals surface area (Å²) in [5.41, 5.74) is 3.73. The van der Waals surface area contributed by atoms with Gasteiger partial charge >= 0.3 is 12.1 Å². The summed E-state index contributed by atoms with van der Waals surface area (Å²) in [6, 6.07) is 15.2. The van der Waals surface area contributed by atoms with E-state index in [2.05, 4.69) is 14.9 Å². The third kappa shape index (κ3) is 4.91. The number of carboxylic acids is 1. The monoisotopic (exact) mass is 494 g/mol. The van der Waals surface area contributed by atoms with E-state index in [1.165, 1.54) is 6.07 Å². The van der Waals surface area contributed by atoms with Gasteiger partial charge in [-0.1, -0.05) is 24.3 Å². The molecular weight excluding hydrogens is 469 g/mol. The SMILES string of the molecule is Cc1nc(N2CCC(CC(=O)O)CC2)ccc1-c1ccc(-c2nc3ccc(C(F)(F)F)cc3[nH]2)cc1. The molecule has 0 aliphatic carbocycles. The molecule has 2 aromatic heterocycles. The molecule has 1 saturated heterocycles. The third-order valence-corrected chi connectivity index (χ3v) is 6.75. The Bertz CT molecular complexity index is 1410. The number of piperidine rings is 1. The van der Waals surface area contributed by atoms with Crippen LogP contribution in [0.2, 0.25) is 0 Å². The molecule has 0 radical (unpaired) electrons. The molecule has 3 heterocycles. The summed E-state index contributed by atoms with van der Waals surface area (Å²) >= 11 is 0. The van der Waals surface area contributed by atoms with Gasteiger partial charge in [-0.15, -0.1) is 0 Å². The Morgan fingerprint density at radius 2 is 1.72 bits per heavy atom. The summed E-state index contributed by atoms with van der Waals surface area (Å²) in [5, 5.41) is 9.01. The second-order valence-electron chi connectivity index (χ2n) is 9.22. The van der Waals surface area contributed by atoms with Gasteiger partial charge in [0.1, 0.15) is 11.6 Å². The number of fused-ring (bicyclic) bond motifs is 1. The highest BCUT2D eigenvalue weighted by Gasteiger charge is 2.30. The molecule has 0 unspecified atom stereocenters. The summed E-state index contributed by atoms with van der Waals surface area (Å²) in [6.07, 6.45) is -2.50. The van der Waals surface area contributed by atoms with E-state index in [0.717, 1.165) is 66.3 Å². The number of anilines is 1. The summed E-state index contributed by atoms with van der Waals surface area (Å²) in [4.78, 5) is 25.4. The number of nitrogens with zero attached hydrogens (tertiary/aromatic N) is 3. The lowest BCUT2D eigenvalue weighted by molar-refractivity contribution is -0.138. The zero-order valence-electron chi connectivity index (χ0n) is 19.6. The van der Waals surface area contributed by atoms with E-state index in [4.69, 9.17) is 10.1 Å². The van der Waals surface area contributed by atoms with E-state index in [0.29, 0.717) is 16.9 Å². The number of hydrogen-bond donors (Lipinski definition) is 2. The third-order valence-electron chi connectivity index (χ3n) is 6.75. The van der Waals surface area contributed by atoms with Gasteiger partial charge in [0.25, 0.3) is 0 Å². The molecule has 1 aliphatic heterocycles. The number of pyridine rings is 1. The molecule has 9 heteroatoms. The van der Waals surface area contributed by atoms with Crippen molar-refractivity contribution in [3.05, 3.63) is 65.9 Å². The highest BCUT2D eigenvalue weighted by Crippen LogP contribution is 2.33. The molecule has 186 valence electrons. The summed E-state index contributed by atoms with van der Waals surface area (Å²) in [6.45, 7) is 3.54. The van der Waals surface area contributed by atoms with Gasteiger partial charge < -0.3 is 15.0 Å².